The summed E-state index contributed by atoms with van der Waals surface area (Å²) in [6.45, 7) is 5.56. The van der Waals surface area contributed by atoms with E-state index in [1.807, 2.05) is 0 Å². The lowest BCUT2D eigenvalue weighted by molar-refractivity contribution is -0.122. The van der Waals surface area contributed by atoms with Gasteiger partial charge < -0.3 is 5.32 Å². The fraction of sp³-hybridized carbons (Fsp3) is 0.357. The smallest absolute Gasteiger partial charge is 0.244 e. The molecule has 0 aromatic heterocycles. The van der Waals surface area contributed by atoms with Gasteiger partial charge in [-0.15, -0.1) is 6.58 Å². The van der Waals surface area contributed by atoms with Crippen LogP contribution >= 0.6 is 11.6 Å². The Balaban J connectivity index is 3.20. The summed E-state index contributed by atoms with van der Waals surface area (Å²) in [4.78, 5) is 12.2. The molecule has 1 aromatic carbocycles. The van der Waals surface area contributed by atoms with Crippen molar-refractivity contribution in [1.29, 1.82) is 0 Å². The SMILES string of the molecule is C=CCNC(=O)[C@@H](CC)N(c1ccc(Cl)cc1)S(C)(=O)=O. The molecular formula is C14H19ClN2O3S. The number of rotatable bonds is 7. The molecular weight excluding hydrogens is 312 g/mol. The van der Waals surface area contributed by atoms with Gasteiger partial charge in [-0.25, -0.2) is 8.42 Å². The Morgan fingerprint density at radius 1 is 1.43 bits per heavy atom. The molecule has 5 nitrogen and oxygen atoms in total. The van der Waals surface area contributed by atoms with Crippen LogP contribution in [-0.2, 0) is 14.8 Å². The molecule has 0 heterocycles. The summed E-state index contributed by atoms with van der Waals surface area (Å²) in [6.07, 6.45) is 2.96. The van der Waals surface area contributed by atoms with Crippen LogP contribution in [0.1, 0.15) is 13.3 Å². The molecule has 1 aromatic rings. The highest BCUT2D eigenvalue weighted by Crippen LogP contribution is 2.24. The van der Waals surface area contributed by atoms with Crippen molar-refractivity contribution in [3.05, 3.63) is 41.9 Å². The number of halogens is 1. The van der Waals surface area contributed by atoms with Crippen molar-refractivity contribution in [2.75, 3.05) is 17.1 Å². The van der Waals surface area contributed by atoms with Crippen molar-refractivity contribution >= 4 is 33.2 Å². The first-order valence-corrected chi connectivity index (χ1v) is 8.67. The maximum atomic E-state index is 12.2. The number of anilines is 1. The number of carbonyl (C=O) groups is 1. The molecule has 0 aliphatic carbocycles. The average Bonchev–Trinajstić information content (AvgIpc) is 2.42. The first-order valence-electron chi connectivity index (χ1n) is 6.44. The van der Waals surface area contributed by atoms with Crippen LogP contribution in [0.3, 0.4) is 0 Å². The molecule has 1 atom stereocenters. The van der Waals surface area contributed by atoms with Gasteiger partial charge in [0.15, 0.2) is 0 Å². The summed E-state index contributed by atoms with van der Waals surface area (Å²) < 4.78 is 25.3. The molecule has 0 unspecified atom stereocenters. The van der Waals surface area contributed by atoms with Gasteiger partial charge in [0, 0.05) is 11.6 Å². The third kappa shape index (κ3) is 4.75. The van der Waals surface area contributed by atoms with E-state index in [0.29, 0.717) is 17.1 Å². The molecule has 1 N–H and O–H groups in total. The summed E-state index contributed by atoms with van der Waals surface area (Å²) in [5, 5.41) is 3.12. The molecule has 0 saturated heterocycles. The molecule has 0 fully saturated rings. The zero-order chi connectivity index (χ0) is 16.0. The van der Waals surface area contributed by atoms with Crippen LogP contribution in [0.4, 0.5) is 5.69 Å². The molecule has 7 heteroatoms. The number of nitrogens with one attached hydrogen (secondary N) is 1. The maximum absolute atomic E-state index is 12.2. The predicted octanol–water partition coefficient (Wildman–Crippen LogP) is 2.19. The molecule has 21 heavy (non-hydrogen) atoms. The summed E-state index contributed by atoms with van der Waals surface area (Å²) in [7, 11) is -3.61. The molecule has 0 radical (unpaired) electrons. The number of nitrogens with zero attached hydrogens (tertiary/aromatic N) is 1. The minimum absolute atomic E-state index is 0.285. The zero-order valence-electron chi connectivity index (χ0n) is 12.0. The van der Waals surface area contributed by atoms with Crippen molar-refractivity contribution in [1.82, 2.24) is 5.32 Å². The summed E-state index contributed by atoms with van der Waals surface area (Å²) in [6, 6.07) is 5.51. The van der Waals surface area contributed by atoms with Crippen LogP contribution in [-0.4, -0.2) is 33.2 Å². The van der Waals surface area contributed by atoms with Crippen LogP contribution in [0.25, 0.3) is 0 Å². The number of hydrogen-bond acceptors (Lipinski definition) is 3. The molecule has 0 aliphatic heterocycles. The van der Waals surface area contributed by atoms with E-state index < -0.39 is 16.1 Å². The molecule has 116 valence electrons. The molecule has 1 amide bonds. The minimum atomic E-state index is -3.61. The summed E-state index contributed by atoms with van der Waals surface area (Å²) in [5.74, 6) is -0.363. The van der Waals surface area contributed by atoms with E-state index in [-0.39, 0.29) is 12.5 Å². The Labute approximate surface area is 130 Å². The highest BCUT2D eigenvalue weighted by atomic mass is 35.5. The van der Waals surface area contributed by atoms with E-state index in [1.54, 1.807) is 31.2 Å². The minimum Gasteiger partial charge on any atom is -0.351 e. The Kier molecular flexibility index (Phi) is 6.23. The molecule has 0 spiro atoms. The summed E-state index contributed by atoms with van der Waals surface area (Å²) in [5.41, 5.74) is 0.405. The first-order chi connectivity index (χ1) is 9.81. The quantitative estimate of drug-likeness (QED) is 0.779. The Morgan fingerprint density at radius 3 is 2.43 bits per heavy atom. The van der Waals surface area contributed by atoms with Gasteiger partial charge in [0.25, 0.3) is 0 Å². The van der Waals surface area contributed by atoms with Crippen molar-refractivity contribution in [2.24, 2.45) is 0 Å². The number of sulfonamides is 1. The molecule has 0 bridgehead atoms. The zero-order valence-corrected chi connectivity index (χ0v) is 13.6. The van der Waals surface area contributed by atoms with Gasteiger partial charge in [0.2, 0.25) is 15.9 Å². The van der Waals surface area contributed by atoms with Crippen LogP contribution < -0.4 is 9.62 Å². The lowest BCUT2D eigenvalue weighted by Crippen LogP contribution is -2.49. The average molecular weight is 331 g/mol. The summed E-state index contributed by atoms with van der Waals surface area (Å²) >= 11 is 5.82. The van der Waals surface area contributed by atoms with E-state index in [4.69, 9.17) is 11.6 Å². The standard InChI is InChI=1S/C14H19ClN2O3S/c1-4-10-16-14(18)13(5-2)17(21(3,19)20)12-8-6-11(15)7-9-12/h4,6-9,13H,1,5,10H2,2-3H3,(H,16,18)/t13-/m1/s1. The van der Waals surface area contributed by atoms with Gasteiger partial charge in [-0.05, 0) is 30.7 Å². The van der Waals surface area contributed by atoms with Gasteiger partial charge in [0.1, 0.15) is 6.04 Å². The van der Waals surface area contributed by atoms with E-state index in [0.717, 1.165) is 10.6 Å². The lowest BCUT2D eigenvalue weighted by Gasteiger charge is -2.30. The number of carbonyl (C=O) groups excluding carboxylic acids is 1. The van der Waals surface area contributed by atoms with Crippen molar-refractivity contribution in [3.63, 3.8) is 0 Å². The van der Waals surface area contributed by atoms with E-state index in [1.165, 1.54) is 6.08 Å². The number of hydrogen-bond donors (Lipinski definition) is 1. The van der Waals surface area contributed by atoms with Gasteiger partial charge in [-0.1, -0.05) is 24.6 Å². The van der Waals surface area contributed by atoms with Crippen molar-refractivity contribution in [3.8, 4) is 0 Å². The van der Waals surface area contributed by atoms with Gasteiger partial charge in [0.05, 0.1) is 11.9 Å². The van der Waals surface area contributed by atoms with Gasteiger partial charge in [-0.3, -0.25) is 9.10 Å². The topological polar surface area (TPSA) is 66.5 Å². The van der Waals surface area contributed by atoms with Gasteiger partial charge in [-0.2, -0.15) is 0 Å². The highest BCUT2D eigenvalue weighted by Gasteiger charge is 2.31. The fourth-order valence-electron chi connectivity index (χ4n) is 1.94. The van der Waals surface area contributed by atoms with Crippen molar-refractivity contribution in [2.45, 2.75) is 19.4 Å². The second kappa shape index (κ2) is 7.47. The highest BCUT2D eigenvalue weighted by molar-refractivity contribution is 7.92. The Morgan fingerprint density at radius 2 is 2.00 bits per heavy atom. The number of benzene rings is 1. The van der Waals surface area contributed by atoms with E-state index >= 15 is 0 Å². The number of amides is 1. The molecule has 1 rings (SSSR count). The van der Waals surface area contributed by atoms with Crippen LogP contribution in [0.15, 0.2) is 36.9 Å². The van der Waals surface area contributed by atoms with Gasteiger partial charge >= 0.3 is 0 Å². The molecule has 0 aliphatic rings. The van der Waals surface area contributed by atoms with E-state index in [9.17, 15) is 13.2 Å². The van der Waals surface area contributed by atoms with E-state index in [2.05, 4.69) is 11.9 Å². The maximum Gasteiger partial charge on any atom is 0.244 e. The first kappa shape index (κ1) is 17.5. The largest absolute Gasteiger partial charge is 0.351 e. The second-order valence-corrected chi connectivity index (χ2v) is 6.79. The predicted molar refractivity (Wildman–Crippen MR) is 86.1 cm³/mol. The van der Waals surface area contributed by atoms with Crippen LogP contribution in [0.5, 0.6) is 0 Å². The normalized spacial score (nSPS) is 12.5. The monoisotopic (exact) mass is 330 g/mol. The third-order valence-electron chi connectivity index (χ3n) is 2.83. The third-order valence-corrected chi connectivity index (χ3v) is 4.26. The lowest BCUT2D eigenvalue weighted by atomic mass is 10.2. The second-order valence-electron chi connectivity index (χ2n) is 4.49. The molecule has 0 saturated carbocycles. The van der Waals surface area contributed by atoms with Crippen LogP contribution in [0.2, 0.25) is 5.02 Å². The van der Waals surface area contributed by atoms with Crippen molar-refractivity contribution < 1.29 is 13.2 Å². The fourth-order valence-corrected chi connectivity index (χ4v) is 3.28. The Hall–Kier alpha value is -1.53. The van der Waals surface area contributed by atoms with Crippen LogP contribution in [0, 0.1) is 0 Å². The Bertz CT molecular complexity index is 599.